The van der Waals surface area contributed by atoms with Crippen LogP contribution in [-0.2, 0) is 16.1 Å². The van der Waals surface area contributed by atoms with Crippen LogP contribution in [0.5, 0.6) is 0 Å². The second-order valence-electron chi connectivity index (χ2n) is 8.25. The van der Waals surface area contributed by atoms with Gasteiger partial charge in [-0.3, -0.25) is 9.59 Å². The maximum atomic E-state index is 13.6. The fourth-order valence-electron chi connectivity index (χ4n) is 5.63. The van der Waals surface area contributed by atoms with Crippen LogP contribution < -0.4 is 10.6 Å². The minimum atomic E-state index is -0.333. The number of benzene rings is 1. The van der Waals surface area contributed by atoms with Gasteiger partial charge in [-0.15, -0.1) is 0 Å². The first-order valence-corrected chi connectivity index (χ1v) is 9.32. The van der Waals surface area contributed by atoms with Crippen LogP contribution in [-0.4, -0.2) is 18.4 Å². The summed E-state index contributed by atoms with van der Waals surface area (Å²) < 4.78 is 13.6. The van der Waals surface area contributed by atoms with Crippen molar-refractivity contribution in [2.75, 3.05) is 6.54 Å². The summed E-state index contributed by atoms with van der Waals surface area (Å²) in [6.07, 6.45) is 6.83. The molecule has 134 valence electrons. The van der Waals surface area contributed by atoms with E-state index in [-0.39, 0.29) is 36.1 Å². The maximum Gasteiger partial charge on any atom is 0.239 e. The Balaban J connectivity index is 1.29. The molecular weight excluding hydrogens is 319 g/mol. The molecule has 4 saturated carbocycles. The SMILES string of the molecule is O=C(CNC(=O)C12CC3CC(CC(C3)C1)C2)NCc1ccccc1F. The van der Waals surface area contributed by atoms with Gasteiger partial charge in [0, 0.05) is 17.5 Å². The Morgan fingerprint density at radius 3 is 2.20 bits per heavy atom. The molecule has 0 spiro atoms. The molecule has 0 atom stereocenters. The first-order chi connectivity index (χ1) is 12.0. The molecule has 25 heavy (non-hydrogen) atoms. The van der Waals surface area contributed by atoms with Gasteiger partial charge in [-0.05, 0) is 62.3 Å². The van der Waals surface area contributed by atoms with E-state index < -0.39 is 0 Å². The van der Waals surface area contributed by atoms with Gasteiger partial charge in [-0.2, -0.15) is 0 Å². The van der Waals surface area contributed by atoms with Crippen molar-refractivity contribution in [2.45, 2.75) is 45.1 Å². The summed E-state index contributed by atoms with van der Waals surface area (Å²) in [5, 5.41) is 5.52. The van der Waals surface area contributed by atoms with E-state index >= 15 is 0 Å². The van der Waals surface area contributed by atoms with E-state index in [1.165, 1.54) is 25.3 Å². The lowest BCUT2D eigenvalue weighted by atomic mass is 9.49. The van der Waals surface area contributed by atoms with Gasteiger partial charge in [0.15, 0.2) is 0 Å². The van der Waals surface area contributed by atoms with Gasteiger partial charge in [0.1, 0.15) is 5.82 Å². The molecule has 0 aliphatic heterocycles. The number of carbonyl (C=O) groups excluding carboxylic acids is 2. The third-order valence-corrected chi connectivity index (χ3v) is 6.36. The molecule has 5 heteroatoms. The van der Waals surface area contributed by atoms with Gasteiger partial charge < -0.3 is 10.6 Å². The molecule has 4 aliphatic carbocycles. The summed E-state index contributed by atoms with van der Waals surface area (Å²) in [6.45, 7) is 0.105. The molecule has 0 aromatic heterocycles. The quantitative estimate of drug-likeness (QED) is 0.863. The van der Waals surface area contributed by atoms with Crippen molar-refractivity contribution in [3.63, 3.8) is 0 Å². The zero-order chi connectivity index (χ0) is 17.4. The first kappa shape index (κ1) is 16.6. The monoisotopic (exact) mass is 344 g/mol. The van der Waals surface area contributed by atoms with E-state index in [1.807, 2.05) is 0 Å². The molecule has 4 aliphatic rings. The van der Waals surface area contributed by atoms with E-state index in [1.54, 1.807) is 18.2 Å². The minimum Gasteiger partial charge on any atom is -0.350 e. The van der Waals surface area contributed by atoms with Crippen molar-refractivity contribution in [1.82, 2.24) is 10.6 Å². The van der Waals surface area contributed by atoms with Gasteiger partial charge in [0.05, 0.1) is 6.54 Å². The average Bonchev–Trinajstić information content (AvgIpc) is 2.57. The molecule has 2 amide bonds. The Kier molecular flexibility index (Phi) is 4.26. The van der Waals surface area contributed by atoms with E-state index in [0.717, 1.165) is 19.3 Å². The normalized spacial score (nSPS) is 32.4. The summed E-state index contributed by atoms with van der Waals surface area (Å²) in [5.74, 6) is 1.54. The van der Waals surface area contributed by atoms with Crippen LogP contribution in [0.4, 0.5) is 4.39 Å². The summed E-state index contributed by atoms with van der Waals surface area (Å²) in [5.41, 5.74) is 0.212. The Morgan fingerprint density at radius 2 is 1.60 bits per heavy atom. The minimum absolute atomic E-state index is 0.0327. The lowest BCUT2D eigenvalue weighted by Gasteiger charge is -2.55. The molecule has 5 rings (SSSR count). The summed E-state index contributed by atoms with van der Waals surface area (Å²) in [6, 6.07) is 6.37. The van der Waals surface area contributed by atoms with Crippen molar-refractivity contribution < 1.29 is 14.0 Å². The number of halogens is 1. The van der Waals surface area contributed by atoms with Crippen molar-refractivity contribution in [2.24, 2.45) is 23.2 Å². The zero-order valence-corrected chi connectivity index (χ0v) is 14.4. The number of carbonyl (C=O) groups is 2. The molecular formula is C20H25FN2O2. The second kappa shape index (κ2) is 6.43. The van der Waals surface area contributed by atoms with Crippen LogP contribution in [0.25, 0.3) is 0 Å². The fourth-order valence-corrected chi connectivity index (χ4v) is 5.63. The third-order valence-electron chi connectivity index (χ3n) is 6.36. The Bertz CT molecular complexity index is 653. The summed E-state index contributed by atoms with van der Waals surface area (Å²) in [4.78, 5) is 24.8. The average molecular weight is 344 g/mol. The number of rotatable bonds is 5. The zero-order valence-electron chi connectivity index (χ0n) is 14.4. The molecule has 0 heterocycles. The van der Waals surface area contributed by atoms with E-state index in [0.29, 0.717) is 23.3 Å². The van der Waals surface area contributed by atoms with Crippen LogP contribution in [0.15, 0.2) is 24.3 Å². The van der Waals surface area contributed by atoms with E-state index in [2.05, 4.69) is 10.6 Å². The second-order valence-corrected chi connectivity index (χ2v) is 8.25. The van der Waals surface area contributed by atoms with Crippen LogP contribution in [0, 0.1) is 29.0 Å². The standard InChI is InChI=1S/C20H25FN2O2/c21-17-4-2-1-3-16(17)11-22-18(24)12-23-19(25)20-8-13-5-14(9-20)7-15(6-13)10-20/h1-4,13-15H,5-12H2,(H,22,24)(H,23,25). The van der Waals surface area contributed by atoms with Crippen LogP contribution in [0.1, 0.15) is 44.1 Å². The highest BCUT2D eigenvalue weighted by atomic mass is 19.1. The molecule has 0 unspecified atom stereocenters. The van der Waals surface area contributed by atoms with Crippen molar-refractivity contribution >= 4 is 11.8 Å². The van der Waals surface area contributed by atoms with Crippen LogP contribution in [0.3, 0.4) is 0 Å². The smallest absolute Gasteiger partial charge is 0.239 e. The predicted molar refractivity (Wildman–Crippen MR) is 91.9 cm³/mol. The van der Waals surface area contributed by atoms with Gasteiger partial charge in [-0.25, -0.2) is 4.39 Å². The molecule has 4 nitrogen and oxygen atoms in total. The molecule has 0 saturated heterocycles. The fraction of sp³-hybridized carbons (Fsp3) is 0.600. The van der Waals surface area contributed by atoms with Gasteiger partial charge >= 0.3 is 0 Å². The van der Waals surface area contributed by atoms with Crippen molar-refractivity contribution in [3.05, 3.63) is 35.6 Å². The largest absolute Gasteiger partial charge is 0.350 e. The molecule has 4 bridgehead atoms. The summed E-state index contributed by atoms with van der Waals surface area (Å²) >= 11 is 0. The third kappa shape index (κ3) is 3.29. The lowest BCUT2D eigenvalue weighted by Crippen LogP contribution is -2.54. The van der Waals surface area contributed by atoms with Crippen molar-refractivity contribution in [3.8, 4) is 0 Å². The Morgan fingerprint density at radius 1 is 1.00 bits per heavy atom. The van der Waals surface area contributed by atoms with E-state index in [4.69, 9.17) is 0 Å². The molecule has 1 aromatic rings. The van der Waals surface area contributed by atoms with Gasteiger partial charge in [0.2, 0.25) is 11.8 Å². The maximum absolute atomic E-state index is 13.6. The number of nitrogens with one attached hydrogen (secondary N) is 2. The van der Waals surface area contributed by atoms with Gasteiger partial charge in [-0.1, -0.05) is 18.2 Å². The highest BCUT2D eigenvalue weighted by Crippen LogP contribution is 2.60. The number of hydrogen-bond donors (Lipinski definition) is 2. The van der Waals surface area contributed by atoms with E-state index in [9.17, 15) is 14.0 Å². The van der Waals surface area contributed by atoms with Crippen LogP contribution in [0.2, 0.25) is 0 Å². The molecule has 0 radical (unpaired) electrons. The Hall–Kier alpha value is -1.91. The molecule has 4 fully saturated rings. The highest BCUT2D eigenvalue weighted by molar-refractivity contribution is 5.88. The molecule has 1 aromatic carbocycles. The molecule has 2 N–H and O–H groups in total. The first-order valence-electron chi connectivity index (χ1n) is 9.32. The highest BCUT2D eigenvalue weighted by Gasteiger charge is 2.54. The van der Waals surface area contributed by atoms with Gasteiger partial charge in [0.25, 0.3) is 0 Å². The number of hydrogen-bond acceptors (Lipinski definition) is 2. The predicted octanol–water partition coefficient (Wildman–Crippen LogP) is 2.77. The number of amides is 2. The Labute approximate surface area is 147 Å². The topological polar surface area (TPSA) is 58.2 Å². The van der Waals surface area contributed by atoms with Crippen LogP contribution >= 0.6 is 0 Å². The summed E-state index contributed by atoms with van der Waals surface area (Å²) in [7, 11) is 0. The lowest BCUT2D eigenvalue weighted by molar-refractivity contribution is -0.147. The van der Waals surface area contributed by atoms with Crippen molar-refractivity contribution in [1.29, 1.82) is 0 Å².